The molecule has 1 aliphatic heterocycles. The molecule has 7 heteroatoms. The minimum atomic E-state index is -0.758. The summed E-state index contributed by atoms with van der Waals surface area (Å²) >= 11 is 6.78. The number of hydrogen-bond acceptors (Lipinski definition) is 5. The molecule has 2 aromatic carbocycles. The second-order valence-electron chi connectivity index (χ2n) is 8.51. The van der Waals surface area contributed by atoms with Crippen molar-refractivity contribution in [2.45, 2.75) is 31.7 Å². The van der Waals surface area contributed by atoms with E-state index in [9.17, 15) is 14.7 Å². The van der Waals surface area contributed by atoms with Crippen LogP contribution in [-0.2, 0) is 9.59 Å². The van der Waals surface area contributed by atoms with Gasteiger partial charge in [0.25, 0.3) is 5.91 Å². The molecule has 5 nitrogen and oxygen atoms in total. The molecule has 2 aliphatic rings. The van der Waals surface area contributed by atoms with Crippen LogP contribution in [0.1, 0.15) is 31.4 Å². The van der Waals surface area contributed by atoms with Gasteiger partial charge in [0.1, 0.15) is 15.8 Å². The van der Waals surface area contributed by atoms with Crippen LogP contribution in [0.5, 0.6) is 0 Å². The Balaban J connectivity index is 1.36. The Bertz CT molecular complexity index is 1270. The highest BCUT2D eigenvalue weighted by Crippen LogP contribution is 2.39. The maximum absolute atomic E-state index is 13.1. The molecule has 1 saturated heterocycles. The van der Waals surface area contributed by atoms with E-state index in [1.807, 2.05) is 48.5 Å². The Morgan fingerprint density at radius 1 is 0.971 bits per heavy atom. The van der Waals surface area contributed by atoms with Crippen molar-refractivity contribution < 1.29 is 19.1 Å². The smallest absolute Gasteiger partial charge is 0.306 e. The topological polar surface area (TPSA) is 70.8 Å². The lowest BCUT2D eigenvalue weighted by Crippen LogP contribution is -2.41. The molecule has 0 atom stereocenters. The highest BCUT2D eigenvalue weighted by Gasteiger charge is 2.39. The number of carboxylic acids is 1. The van der Waals surface area contributed by atoms with Crippen molar-refractivity contribution in [3.05, 3.63) is 77.4 Å². The van der Waals surface area contributed by atoms with Gasteiger partial charge in [0.05, 0.1) is 10.8 Å². The lowest BCUT2D eigenvalue weighted by molar-refractivity contribution is -0.143. The Labute approximate surface area is 207 Å². The maximum atomic E-state index is 13.1. The van der Waals surface area contributed by atoms with Gasteiger partial charge in [-0.15, -0.1) is 0 Å². The van der Waals surface area contributed by atoms with Crippen LogP contribution < -0.4 is 0 Å². The van der Waals surface area contributed by atoms with E-state index in [0.717, 1.165) is 22.5 Å². The molecule has 0 spiro atoms. The van der Waals surface area contributed by atoms with Crippen LogP contribution in [0.4, 0.5) is 0 Å². The van der Waals surface area contributed by atoms with Gasteiger partial charge in [0.15, 0.2) is 0 Å². The number of nitrogens with zero attached hydrogens (tertiary/aromatic N) is 1. The minimum Gasteiger partial charge on any atom is -0.481 e. The Morgan fingerprint density at radius 3 is 2.35 bits per heavy atom. The number of aliphatic carboxylic acids is 1. The van der Waals surface area contributed by atoms with Crippen LogP contribution in [0.15, 0.2) is 76.1 Å². The predicted molar refractivity (Wildman–Crippen MR) is 138 cm³/mol. The number of carbonyl (C=O) groups excluding carboxylic acids is 1. The van der Waals surface area contributed by atoms with Gasteiger partial charge in [-0.25, -0.2) is 0 Å². The molecule has 0 bridgehead atoms. The average molecular weight is 490 g/mol. The van der Waals surface area contributed by atoms with Gasteiger partial charge in [0.2, 0.25) is 0 Å². The molecular formula is C27H23NO4S2. The van der Waals surface area contributed by atoms with Crippen LogP contribution in [0.25, 0.3) is 28.5 Å². The number of carbonyl (C=O) groups is 2. The molecule has 1 aliphatic carbocycles. The first-order chi connectivity index (χ1) is 16.5. The fourth-order valence-corrected chi connectivity index (χ4v) is 6.03. The summed E-state index contributed by atoms with van der Waals surface area (Å²) in [6, 6.07) is 22.0. The van der Waals surface area contributed by atoms with E-state index >= 15 is 0 Å². The SMILES string of the molecule is O=C(O)C1CCC(N2C(=O)C(=Cc3ccc(-c4ccccc4-c4ccccc4)o3)SC2=S)CC1. The molecule has 3 aromatic rings. The highest BCUT2D eigenvalue weighted by molar-refractivity contribution is 8.26. The molecule has 2 heterocycles. The van der Waals surface area contributed by atoms with E-state index in [1.165, 1.54) is 11.8 Å². The molecule has 5 rings (SSSR count). The number of benzene rings is 2. The third-order valence-electron chi connectivity index (χ3n) is 6.41. The number of furan rings is 1. The summed E-state index contributed by atoms with van der Waals surface area (Å²) < 4.78 is 6.65. The maximum Gasteiger partial charge on any atom is 0.306 e. The van der Waals surface area contributed by atoms with Crippen LogP contribution in [-0.4, -0.2) is 32.2 Å². The molecule has 0 unspecified atom stereocenters. The van der Waals surface area contributed by atoms with Crippen molar-refractivity contribution in [2.75, 3.05) is 0 Å². The average Bonchev–Trinajstić information content (AvgIpc) is 3.43. The number of thioether (sulfide) groups is 1. The Kier molecular flexibility index (Phi) is 6.39. The lowest BCUT2D eigenvalue weighted by Gasteiger charge is -2.32. The number of thiocarbonyl (C=S) groups is 1. The minimum absolute atomic E-state index is 0.0427. The molecule has 1 amide bonds. The Morgan fingerprint density at radius 2 is 1.65 bits per heavy atom. The van der Waals surface area contributed by atoms with Crippen molar-refractivity contribution in [1.82, 2.24) is 4.90 Å². The largest absolute Gasteiger partial charge is 0.481 e. The summed E-state index contributed by atoms with van der Waals surface area (Å²) in [5.41, 5.74) is 3.16. The van der Waals surface area contributed by atoms with Crippen molar-refractivity contribution >= 4 is 46.3 Å². The van der Waals surface area contributed by atoms with Gasteiger partial charge in [-0.1, -0.05) is 78.6 Å². The first-order valence-electron chi connectivity index (χ1n) is 11.3. The summed E-state index contributed by atoms with van der Waals surface area (Å²) in [5.74, 6) is 0.106. The third kappa shape index (κ3) is 4.45. The van der Waals surface area contributed by atoms with Gasteiger partial charge in [0, 0.05) is 17.7 Å². The summed E-state index contributed by atoms with van der Waals surface area (Å²) in [4.78, 5) is 26.6. The van der Waals surface area contributed by atoms with Crippen molar-refractivity contribution in [1.29, 1.82) is 0 Å². The first kappa shape index (κ1) is 22.6. The molecular weight excluding hydrogens is 466 g/mol. The predicted octanol–water partition coefficient (Wildman–Crippen LogP) is 6.46. The number of carboxylic acid groups (broad SMARTS) is 1. The van der Waals surface area contributed by atoms with Crippen LogP contribution in [0, 0.1) is 5.92 Å². The number of amides is 1. The van der Waals surface area contributed by atoms with E-state index in [4.69, 9.17) is 16.6 Å². The van der Waals surface area contributed by atoms with E-state index in [1.54, 1.807) is 11.0 Å². The summed E-state index contributed by atoms with van der Waals surface area (Å²) in [6.45, 7) is 0. The highest BCUT2D eigenvalue weighted by atomic mass is 32.2. The molecule has 1 saturated carbocycles. The zero-order chi connectivity index (χ0) is 23.7. The van der Waals surface area contributed by atoms with E-state index in [0.29, 0.717) is 40.7 Å². The molecule has 1 N–H and O–H groups in total. The van der Waals surface area contributed by atoms with Crippen molar-refractivity contribution in [2.24, 2.45) is 5.92 Å². The first-order valence-corrected chi connectivity index (χ1v) is 12.5. The molecule has 172 valence electrons. The standard InChI is InChI=1S/C27H23NO4S2/c29-25-24(34-27(33)28(25)19-12-10-18(11-13-19)26(30)31)16-20-14-15-23(32-20)22-9-5-4-8-21(22)17-6-2-1-3-7-17/h1-9,14-16,18-19H,10-13H2,(H,30,31). The van der Waals surface area contributed by atoms with Gasteiger partial charge < -0.3 is 9.52 Å². The summed E-state index contributed by atoms with van der Waals surface area (Å²) in [6.07, 6.45) is 4.18. The van der Waals surface area contributed by atoms with Gasteiger partial charge in [-0.2, -0.15) is 0 Å². The van der Waals surface area contributed by atoms with Gasteiger partial charge in [-0.3, -0.25) is 14.5 Å². The zero-order valence-corrected chi connectivity index (χ0v) is 20.0. The fraction of sp³-hybridized carbons (Fsp3) is 0.222. The summed E-state index contributed by atoms with van der Waals surface area (Å²) in [5, 5.41) is 9.24. The number of rotatable bonds is 5. The van der Waals surface area contributed by atoms with E-state index in [-0.39, 0.29) is 17.9 Å². The molecule has 2 fully saturated rings. The molecule has 0 radical (unpaired) electrons. The van der Waals surface area contributed by atoms with Crippen molar-refractivity contribution in [3.63, 3.8) is 0 Å². The van der Waals surface area contributed by atoms with Crippen molar-refractivity contribution in [3.8, 4) is 22.5 Å². The normalized spacial score (nSPS) is 21.9. The van der Waals surface area contributed by atoms with E-state index in [2.05, 4.69) is 18.2 Å². The van der Waals surface area contributed by atoms with Crippen LogP contribution in [0.2, 0.25) is 0 Å². The second-order valence-corrected chi connectivity index (χ2v) is 10.2. The molecule has 34 heavy (non-hydrogen) atoms. The second kappa shape index (κ2) is 9.60. The van der Waals surface area contributed by atoms with Gasteiger partial charge >= 0.3 is 5.97 Å². The number of hydrogen-bond donors (Lipinski definition) is 1. The third-order valence-corrected chi connectivity index (χ3v) is 7.74. The van der Waals surface area contributed by atoms with Crippen LogP contribution in [0.3, 0.4) is 0 Å². The fourth-order valence-electron chi connectivity index (χ4n) is 4.65. The van der Waals surface area contributed by atoms with E-state index < -0.39 is 5.97 Å². The summed E-state index contributed by atoms with van der Waals surface area (Å²) in [7, 11) is 0. The van der Waals surface area contributed by atoms with Gasteiger partial charge in [-0.05, 0) is 48.9 Å². The van der Waals surface area contributed by atoms with Crippen LogP contribution >= 0.6 is 24.0 Å². The molecule has 1 aromatic heterocycles. The zero-order valence-electron chi connectivity index (χ0n) is 18.3. The lowest BCUT2D eigenvalue weighted by atomic mass is 9.85. The Hall–Kier alpha value is -3.16. The monoisotopic (exact) mass is 489 g/mol. The quantitative estimate of drug-likeness (QED) is 0.328.